The number of fused-ring (bicyclic) bond motifs is 1. The van der Waals surface area contributed by atoms with Gasteiger partial charge in [0.25, 0.3) is 0 Å². The molecule has 0 aliphatic carbocycles. The van der Waals surface area contributed by atoms with Gasteiger partial charge in [-0.3, -0.25) is 4.98 Å². The molecule has 0 saturated heterocycles. The van der Waals surface area contributed by atoms with Crippen molar-refractivity contribution in [3.8, 4) is 0 Å². The third-order valence-corrected chi connectivity index (χ3v) is 10.4. The monoisotopic (exact) mass is 327 g/mol. The molecule has 2 aromatic heterocycles. The van der Waals surface area contributed by atoms with Crippen LogP contribution in [0.2, 0.25) is 23.2 Å². The average Bonchev–Trinajstić information content (AvgIpc) is 2.72. The minimum Gasteiger partial charge on any atom is -0.409 e. The van der Waals surface area contributed by atoms with Gasteiger partial charge in [0.1, 0.15) is 0 Å². The molecule has 2 nitrogen and oxygen atoms in total. The molecule has 0 spiro atoms. The number of pyridine rings is 1. The van der Waals surface area contributed by atoms with Crippen molar-refractivity contribution in [3.63, 3.8) is 0 Å². The van der Waals surface area contributed by atoms with Gasteiger partial charge in [0.2, 0.25) is 0 Å². The van der Waals surface area contributed by atoms with Crippen molar-refractivity contribution in [1.82, 2.24) is 4.98 Å². The Morgan fingerprint density at radius 1 is 1.35 bits per heavy atom. The van der Waals surface area contributed by atoms with E-state index >= 15 is 0 Å². The van der Waals surface area contributed by atoms with Gasteiger partial charge in [-0.05, 0) is 37.2 Å². The Labute approximate surface area is 131 Å². The van der Waals surface area contributed by atoms with Crippen molar-refractivity contribution < 1.29 is 4.43 Å². The highest BCUT2D eigenvalue weighted by Crippen LogP contribution is 2.41. The first-order valence-corrected chi connectivity index (χ1v) is 10.9. The first kappa shape index (κ1) is 16.0. The van der Waals surface area contributed by atoms with Crippen LogP contribution >= 0.6 is 22.9 Å². The van der Waals surface area contributed by atoms with E-state index in [-0.39, 0.29) is 11.1 Å². The number of hydrogen-bond acceptors (Lipinski definition) is 3. The fourth-order valence-corrected chi connectivity index (χ4v) is 4.52. The first-order chi connectivity index (χ1) is 9.12. The molecule has 110 valence electrons. The SMILES string of the molecule is CC(O[Si](C)(C)C(C)(C)C)c1cc2nccc(Cl)c2s1. The standard InChI is InChI=1S/C15H22ClNOSSi/c1-10(18-20(5,6)15(2,3)4)13-9-12-14(19-13)11(16)7-8-17-12/h7-10H,1-6H3. The molecule has 0 bridgehead atoms. The lowest BCUT2D eigenvalue weighted by atomic mass is 10.2. The van der Waals surface area contributed by atoms with Crippen LogP contribution in [0.1, 0.15) is 38.7 Å². The highest BCUT2D eigenvalue weighted by Gasteiger charge is 2.38. The van der Waals surface area contributed by atoms with Gasteiger partial charge in [0.15, 0.2) is 8.32 Å². The van der Waals surface area contributed by atoms with Crippen LogP contribution < -0.4 is 0 Å². The van der Waals surface area contributed by atoms with Crippen LogP contribution in [0.15, 0.2) is 18.3 Å². The molecule has 1 atom stereocenters. The molecule has 0 N–H and O–H groups in total. The number of nitrogens with zero attached hydrogens (tertiary/aromatic N) is 1. The van der Waals surface area contributed by atoms with Gasteiger partial charge in [0.05, 0.1) is 21.3 Å². The van der Waals surface area contributed by atoms with E-state index in [2.05, 4.69) is 51.8 Å². The number of thiophene rings is 1. The van der Waals surface area contributed by atoms with Crippen LogP contribution in [0.4, 0.5) is 0 Å². The number of aromatic nitrogens is 1. The fraction of sp³-hybridized carbons (Fsp3) is 0.533. The van der Waals surface area contributed by atoms with Crippen molar-refractivity contribution in [1.29, 1.82) is 0 Å². The maximum absolute atomic E-state index is 6.44. The normalized spacial score (nSPS) is 14.8. The van der Waals surface area contributed by atoms with E-state index in [1.807, 2.05) is 6.07 Å². The first-order valence-electron chi connectivity index (χ1n) is 6.83. The van der Waals surface area contributed by atoms with Gasteiger partial charge in [-0.15, -0.1) is 11.3 Å². The number of hydrogen-bond donors (Lipinski definition) is 0. The molecule has 1 unspecified atom stereocenters. The average molecular weight is 328 g/mol. The van der Waals surface area contributed by atoms with E-state index < -0.39 is 8.32 Å². The molecule has 0 aliphatic rings. The van der Waals surface area contributed by atoms with Crippen molar-refractivity contribution in [2.24, 2.45) is 0 Å². The second kappa shape index (κ2) is 5.41. The van der Waals surface area contributed by atoms with Crippen LogP contribution in [0.5, 0.6) is 0 Å². The Morgan fingerprint density at radius 3 is 2.55 bits per heavy atom. The largest absolute Gasteiger partial charge is 0.409 e. The summed E-state index contributed by atoms with van der Waals surface area (Å²) < 4.78 is 7.49. The summed E-state index contributed by atoms with van der Waals surface area (Å²) in [6, 6.07) is 3.94. The van der Waals surface area contributed by atoms with Crippen LogP contribution in [0.3, 0.4) is 0 Å². The summed E-state index contributed by atoms with van der Waals surface area (Å²) in [5, 5.41) is 0.985. The zero-order valence-corrected chi connectivity index (χ0v) is 15.5. The smallest absolute Gasteiger partial charge is 0.192 e. The molecule has 20 heavy (non-hydrogen) atoms. The molecule has 5 heteroatoms. The van der Waals surface area contributed by atoms with Gasteiger partial charge in [-0.1, -0.05) is 32.4 Å². The third-order valence-electron chi connectivity index (χ3n) is 4.06. The summed E-state index contributed by atoms with van der Waals surface area (Å²) in [7, 11) is -1.76. The lowest BCUT2D eigenvalue weighted by molar-refractivity contribution is 0.206. The van der Waals surface area contributed by atoms with E-state index in [1.54, 1.807) is 17.5 Å². The topological polar surface area (TPSA) is 22.1 Å². The quantitative estimate of drug-likeness (QED) is 0.642. The fourth-order valence-electron chi connectivity index (χ4n) is 1.80. The van der Waals surface area contributed by atoms with E-state index in [9.17, 15) is 0 Å². The molecule has 0 saturated carbocycles. The van der Waals surface area contributed by atoms with Gasteiger partial charge in [-0.2, -0.15) is 0 Å². The minimum absolute atomic E-state index is 0.0890. The summed E-state index contributed by atoms with van der Waals surface area (Å²) in [5.41, 5.74) is 0.961. The van der Waals surface area contributed by atoms with E-state index in [1.165, 1.54) is 4.88 Å². The Kier molecular flexibility index (Phi) is 4.31. The molecule has 2 rings (SSSR count). The summed E-state index contributed by atoms with van der Waals surface area (Å²) in [5.74, 6) is 0. The Balaban J connectivity index is 2.28. The molecular weight excluding hydrogens is 306 g/mol. The lowest BCUT2D eigenvalue weighted by Gasteiger charge is -2.38. The molecule has 0 radical (unpaired) electrons. The molecule has 0 aromatic carbocycles. The summed E-state index contributed by atoms with van der Waals surface area (Å²) in [4.78, 5) is 5.57. The molecular formula is C15H22ClNOSSi. The predicted molar refractivity (Wildman–Crippen MR) is 91.3 cm³/mol. The highest BCUT2D eigenvalue weighted by molar-refractivity contribution is 7.19. The van der Waals surface area contributed by atoms with E-state index in [0.29, 0.717) is 0 Å². The molecule has 0 amide bonds. The predicted octanol–water partition coefficient (Wildman–Crippen LogP) is 6.03. The Bertz CT molecular complexity index is 618. The molecule has 0 fully saturated rings. The van der Waals surface area contributed by atoms with Gasteiger partial charge in [-0.25, -0.2) is 0 Å². The molecule has 2 heterocycles. The lowest BCUT2D eigenvalue weighted by Crippen LogP contribution is -2.41. The second-order valence-electron chi connectivity index (χ2n) is 6.68. The Morgan fingerprint density at radius 2 is 2.00 bits per heavy atom. The summed E-state index contributed by atoms with van der Waals surface area (Å²) >= 11 is 7.91. The van der Waals surface area contributed by atoms with Crippen LogP contribution in [0, 0.1) is 0 Å². The van der Waals surface area contributed by atoms with Gasteiger partial charge < -0.3 is 4.43 Å². The van der Waals surface area contributed by atoms with E-state index in [4.69, 9.17) is 16.0 Å². The van der Waals surface area contributed by atoms with Gasteiger partial charge >= 0.3 is 0 Å². The van der Waals surface area contributed by atoms with Gasteiger partial charge in [0, 0.05) is 11.1 Å². The summed E-state index contributed by atoms with van der Waals surface area (Å²) in [6.45, 7) is 13.5. The highest BCUT2D eigenvalue weighted by atomic mass is 35.5. The Hall–Kier alpha value is -0.423. The van der Waals surface area contributed by atoms with E-state index in [0.717, 1.165) is 15.2 Å². The third kappa shape index (κ3) is 3.08. The van der Waals surface area contributed by atoms with Crippen LogP contribution in [0.25, 0.3) is 10.2 Å². The zero-order valence-electron chi connectivity index (χ0n) is 13.0. The number of halogens is 1. The molecule has 2 aromatic rings. The van der Waals surface area contributed by atoms with Crippen molar-refractivity contribution >= 4 is 41.5 Å². The maximum atomic E-state index is 6.44. The zero-order chi connectivity index (χ0) is 15.1. The second-order valence-corrected chi connectivity index (χ2v) is 12.9. The van der Waals surface area contributed by atoms with Crippen molar-refractivity contribution in [3.05, 3.63) is 28.2 Å². The van der Waals surface area contributed by atoms with Crippen LogP contribution in [-0.2, 0) is 4.43 Å². The number of rotatable bonds is 3. The minimum atomic E-state index is -1.76. The summed E-state index contributed by atoms with van der Waals surface area (Å²) in [6.07, 6.45) is 1.84. The maximum Gasteiger partial charge on any atom is 0.192 e. The van der Waals surface area contributed by atoms with Crippen molar-refractivity contribution in [2.75, 3.05) is 0 Å². The molecule has 0 aliphatic heterocycles. The van der Waals surface area contributed by atoms with Crippen molar-refractivity contribution in [2.45, 2.75) is 51.9 Å². The van der Waals surface area contributed by atoms with Crippen LogP contribution in [-0.4, -0.2) is 13.3 Å².